The molecule has 0 aliphatic carbocycles. The second kappa shape index (κ2) is 7.02. The Morgan fingerprint density at radius 2 is 2.04 bits per heavy atom. The minimum Gasteiger partial charge on any atom is -0.768 e. The van der Waals surface area contributed by atoms with Gasteiger partial charge in [0.25, 0.3) is 5.69 Å². The molecule has 0 spiro atoms. The van der Waals surface area contributed by atoms with Crippen LogP contribution in [0.5, 0.6) is 0 Å². The van der Waals surface area contributed by atoms with Crippen LogP contribution in [0.15, 0.2) is 17.0 Å². The number of hydrogen-bond acceptors (Lipinski definition) is 7. The van der Waals surface area contributed by atoms with Gasteiger partial charge in [-0.1, -0.05) is 20.8 Å². The molecule has 0 fully saturated rings. The SMILES string of the molecule is CC(C)(C)[Si](C)(C)OC[C@@H]1CNc2cc(S(=O)[O-])cc([N+](=O)[O-])c2N1. The van der Waals surface area contributed by atoms with Gasteiger partial charge in [-0.25, -0.2) is 0 Å². The van der Waals surface area contributed by atoms with E-state index in [-0.39, 0.29) is 21.7 Å². The van der Waals surface area contributed by atoms with Crippen molar-refractivity contribution in [2.45, 2.75) is 49.8 Å². The lowest BCUT2D eigenvalue weighted by molar-refractivity contribution is -0.384. The molecule has 2 rings (SSSR count). The molecule has 0 radical (unpaired) electrons. The minimum absolute atomic E-state index is 0.0755. The van der Waals surface area contributed by atoms with Gasteiger partial charge < -0.3 is 19.6 Å². The van der Waals surface area contributed by atoms with Crippen LogP contribution in [0, 0.1) is 10.1 Å². The van der Waals surface area contributed by atoms with Crippen molar-refractivity contribution in [3.05, 3.63) is 22.2 Å². The lowest BCUT2D eigenvalue weighted by atomic mass is 10.1. The predicted molar refractivity (Wildman–Crippen MR) is 99.3 cm³/mol. The van der Waals surface area contributed by atoms with E-state index >= 15 is 0 Å². The van der Waals surface area contributed by atoms with Crippen molar-refractivity contribution in [1.29, 1.82) is 0 Å². The Morgan fingerprint density at radius 3 is 2.56 bits per heavy atom. The molecule has 0 aromatic heterocycles. The first kappa shape index (κ1) is 19.8. The minimum atomic E-state index is -2.53. The van der Waals surface area contributed by atoms with Crippen LogP contribution < -0.4 is 10.6 Å². The van der Waals surface area contributed by atoms with Crippen molar-refractivity contribution in [1.82, 2.24) is 0 Å². The third-order valence-electron chi connectivity index (χ3n) is 4.82. The third-order valence-corrected chi connectivity index (χ3v) is 9.94. The molecule has 8 nitrogen and oxygen atoms in total. The topological polar surface area (TPSA) is 117 Å². The smallest absolute Gasteiger partial charge is 0.295 e. The monoisotopic (exact) mass is 386 g/mol. The molecule has 10 heteroatoms. The molecule has 1 aliphatic heterocycles. The second-order valence-electron chi connectivity index (χ2n) is 7.65. The van der Waals surface area contributed by atoms with Crippen LogP contribution in [0.25, 0.3) is 0 Å². The molecule has 1 unspecified atom stereocenters. The molecular weight excluding hydrogens is 362 g/mol. The molecular formula is C15H24N3O5SSi-. The van der Waals surface area contributed by atoms with Crippen molar-refractivity contribution in [2.75, 3.05) is 23.8 Å². The Bertz CT molecular complexity index is 705. The van der Waals surface area contributed by atoms with Gasteiger partial charge in [-0.2, -0.15) is 0 Å². The van der Waals surface area contributed by atoms with Crippen LogP contribution in [0.4, 0.5) is 17.1 Å². The van der Waals surface area contributed by atoms with E-state index in [0.717, 1.165) is 6.07 Å². The van der Waals surface area contributed by atoms with Gasteiger partial charge in [-0.15, -0.1) is 0 Å². The first-order valence-electron chi connectivity index (χ1n) is 7.98. The maximum absolute atomic E-state index is 11.3. The van der Waals surface area contributed by atoms with Gasteiger partial charge in [0.15, 0.2) is 8.32 Å². The summed E-state index contributed by atoms with van der Waals surface area (Å²) >= 11 is -2.53. The fourth-order valence-corrected chi connectivity index (χ4v) is 3.72. The Kier molecular flexibility index (Phi) is 5.57. The summed E-state index contributed by atoms with van der Waals surface area (Å²) in [4.78, 5) is 10.6. The molecule has 2 N–H and O–H groups in total. The molecule has 1 aliphatic rings. The molecule has 0 saturated carbocycles. The van der Waals surface area contributed by atoms with Crippen molar-refractivity contribution in [3.63, 3.8) is 0 Å². The van der Waals surface area contributed by atoms with E-state index in [1.165, 1.54) is 6.07 Å². The van der Waals surface area contributed by atoms with Gasteiger partial charge in [-0.05, 0) is 35.3 Å². The van der Waals surface area contributed by atoms with Crippen molar-refractivity contribution < 1.29 is 18.1 Å². The largest absolute Gasteiger partial charge is 0.768 e. The van der Waals surface area contributed by atoms with Crippen LogP contribution in [0.1, 0.15) is 20.8 Å². The van der Waals surface area contributed by atoms with Crippen molar-refractivity contribution in [3.8, 4) is 0 Å². The van der Waals surface area contributed by atoms with Crippen LogP contribution in [-0.4, -0.2) is 41.2 Å². The van der Waals surface area contributed by atoms with Gasteiger partial charge in [0, 0.05) is 17.5 Å². The number of nitrogens with one attached hydrogen (secondary N) is 2. The molecule has 0 bridgehead atoms. The number of rotatable bonds is 5. The summed E-state index contributed by atoms with van der Waals surface area (Å²) in [5.74, 6) is 0. The second-order valence-corrected chi connectivity index (χ2v) is 13.4. The van der Waals surface area contributed by atoms with Crippen LogP contribution in [-0.2, 0) is 15.5 Å². The Hall–Kier alpha value is -1.49. The van der Waals surface area contributed by atoms with Gasteiger partial charge in [-0.3, -0.25) is 14.3 Å². The van der Waals surface area contributed by atoms with E-state index < -0.39 is 24.3 Å². The first-order valence-corrected chi connectivity index (χ1v) is 12.0. The highest BCUT2D eigenvalue weighted by molar-refractivity contribution is 7.79. The fourth-order valence-electron chi connectivity index (χ4n) is 2.25. The van der Waals surface area contributed by atoms with E-state index in [9.17, 15) is 18.9 Å². The molecule has 25 heavy (non-hydrogen) atoms. The van der Waals surface area contributed by atoms with E-state index in [1.54, 1.807) is 0 Å². The summed E-state index contributed by atoms with van der Waals surface area (Å²) in [5.41, 5.74) is 0.451. The Morgan fingerprint density at radius 1 is 1.40 bits per heavy atom. The number of nitrogens with zero attached hydrogens (tertiary/aromatic N) is 1. The molecule has 1 heterocycles. The maximum atomic E-state index is 11.3. The lowest BCUT2D eigenvalue weighted by Crippen LogP contribution is -2.46. The standard InChI is InChI=1S/C15H25N3O5SSi/c1-15(2,3)25(4,5)23-9-10-8-16-12-6-11(24(21)22)7-13(18(19)20)14(12)17-10/h6-7,10,16-17H,8-9H2,1-5H3,(H,21,22)/p-1/t10-/m0/s1. The Balaban J connectivity index is 2.21. The number of fused-ring (bicyclic) bond motifs is 1. The average molecular weight is 387 g/mol. The highest BCUT2D eigenvalue weighted by Crippen LogP contribution is 2.39. The molecule has 1 aromatic rings. The number of nitro benzene ring substituents is 1. The predicted octanol–water partition coefficient (Wildman–Crippen LogP) is 3.06. The number of anilines is 2. The molecule has 0 amide bonds. The highest BCUT2D eigenvalue weighted by atomic mass is 32.2. The zero-order valence-corrected chi connectivity index (χ0v) is 16.9. The zero-order valence-electron chi connectivity index (χ0n) is 15.0. The molecule has 0 saturated heterocycles. The summed E-state index contributed by atoms with van der Waals surface area (Å²) in [6.07, 6.45) is 0. The third kappa shape index (κ3) is 4.38. The van der Waals surface area contributed by atoms with Crippen molar-refractivity contribution in [2.24, 2.45) is 0 Å². The van der Waals surface area contributed by atoms with Gasteiger partial charge >= 0.3 is 0 Å². The van der Waals surface area contributed by atoms with E-state index in [4.69, 9.17) is 4.43 Å². The summed E-state index contributed by atoms with van der Waals surface area (Å²) < 4.78 is 28.5. The summed E-state index contributed by atoms with van der Waals surface area (Å²) in [7, 11) is -1.92. The normalized spacial score (nSPS) is 18.7. The quantitative estimate of drug-likeness (QED) is 0.346. The number of benzene rings is 1. The summed E-state index contributed by atoms with van der Waals surface area (Å²) in [5, 5.41) is 17.6. The average Bonchev–Trinajstić information content (AvgIpc) is 2.50. The van der Waals surface area contributed by atoms with E-state index in [0.29, 0.717) is 24.5 Å². The summed E-state index contributed by atoms with van der Waals surface area (Å²) in [6.45, 7) is 11.7. The van der Waals surface area contributed by atoms with E-state index in [2.05, 4.69) is 44.5 Å². The molecule has 140 valence electrons. The van der Waals surface area contributed by atoms with E-state index in [1.807, 2.05) is 0 Å². The van der Waals surface area contributed by atoms with Crippen molar-refractivity contribution >= 4 is 36.5 Å². The highest BCUT2D eigenvalue weighted by Gasteiger charge is 2.38. The Labute approximate surface area is 150 Å². The fraction of sp³-hybridized carbons (Fsp3) is 0.600. The van der Waals surface area contributed by atoms with Crippen LogP contribution >= 0.6 is 0 Å². The molecule has 1 aromatic carbocycles. The zero-order chi connectivity index (χ0) is 19.0. The van der Waals surface area contributed by atoms with Gasteiger partial charge in [0.1, 0.15) is 5.69 Å². The first-order chi connectivity index (χ1) is 11.4. The summed E-state index contributed by atoms with van der Waals surface area (Å²) in [6, 6.07) is 2.32. The van der Waals surface area contributed by atoms with Crippen LogP contribution in [0.2, 0.25) is 18.1 Å². The van der Waals surface area contributed by atoms with Gasteiger partial charge in [0.05, 0.1) is 23.3 Å². The lowest BCUT2D eigenvalue weighted by Gasteiger charge is -2.38. The number of hydrogen-bond donors (Lipinski definition) is 2. The maximum Gasteiger partial charge on any atom is 0.295 e. The van der Waals surface area contributed by atoms with Gasteiger partial charge in [0.2, 0.25) is 0 Å². The molecule has 2 atom stereocenters. The van der Waals surface area contributed by atoms with Crippen LogP contribution in [0.3, 0.4) is 0 Å². The number of nitro groups is 1.